The lowest BCUT2D eigenvalue weighted by Gasteiger charge is -2.26. The number of hydrogen-bond acceptors (Lipinski definition) is 3. The van der Waals surface area contributed by atoms with Gasteiger partial charge >= 0.3 is 0 Å². The van der Waals surface area contributed by atoms with Gasteiger partial charge in [0, 0.05) is 34.1 Å². The second kappa shape index (κ2) is 6.66. The van der Waals surface area contributed by atoms with E-state index in [4.69, 9.17) is 5.73 Å². The van der Waals surface area contributed by atoms with E-state index in [0.717, 1.165) is 39.9 Å². The van der Waals surface area contributed by atoms with Gasteiger partial charge in [0.05, 0.1) is 0 Å². The maximum Gasteiger partial charge on any atom is 0.132 e. The van der Waals surface area contributed by atoms with Crippen molar-refractivity contribution >= 4 is 21.4 Å². The van der Waals surface area contributed by atoms with Gasteiger partial charge in [0.25, 0.3) is 0 Å². The van der Waals surface area contributed by atoms with Gasteiger partial charge in [0.2, 0.25) is 0 Å². The van der Waals surface area contributed by atoms with Crippen molar-refractivity contribution in [2.45, 2.75) is 45.8 Å². The summed E-state index contributed by atoms with van der Waals surface area (Å²) in [6.45, 7) is 5.63. The molecule has 20 heavy (non-hydrogen) atoms. The zero-order valence-electron chi connectivity index (χ0n) is 12.4. The monoisotopic (exact) mass is 294 g/mol. The van der Waals surface area contributed by atoms with E-state index in [1.54, 1.807) is 17.4 Å². The van der Waals surface area contributed by atoms with Gasteiger partial charge in [-0.25, -0.2) is 4.39 Å². The lowest BCUT2D eigenvalue weighted by molar-refractivity contribution is 0.222. The molecule has 2 N–H and O–H groups in total. The third kappa shape index (κ3) is 2.87. The summed E-state index contributed by atoms with van der Waals surface area (Å²) in [6, 6.07) is 5.81. The SMILES string of the molecule is CCC(CC)N(C)Cc1c(CN)sc2cccc(F)c12. The van der Waals surface area contributed by atoms with Crippen LogP contribution in [0.1, 0.15) is 37.1 Å². The van der Waals surface area contributed by atoms with Crippen molar-refractivity contribution in [1.29, 1.82) is 0 Å². The van der Waals surface area contributed by atoms with Crippen LogP contribution in [0.3, 0.4) is 0 Å². The molecule has 110 valence electrons. The Balaban J connectivity index is 2.42. The van der Waals surface area contributed by atoms with Gasteiger partial charge in [-0.1, -0.05) is 19.9 Å². The van der Waals surface area contributed by atoms with E-state index in [1.807, 2.05) is 6.07 Å². The molecule has 0 aliphatic carbocycles. The predicted octanol–water partition coefficient (Wildman–Crippen LogP) is 4.12. The molecule has 1 heterocycles. The van der Waals surface area contributed by atoms with Gasteiger partial charge in [0.1, 0.15) is 5.82 Å². The maximum absolute atomic E-state index is 14.2. The number of thiophene rings is 1. The molecule has 0 fully saturated rings. The molecule has 2 rings (SSSR count). The zero-order valence-corrected chi connectivity index (χ0v) is 13.3. The number of nitrogens with zero attached hydrogens (tertiary/aromatic N) is 1. The second-order valence-corrected chi connectivity index (χ2v) is 6.34. The molecule has 0 bridgehead atoms. The summed E-state index contributed by atoms with van der Waals surface area (Å²) in [5, 5.41) is 0.760. The number of hydrogen-bond donors (Lipinski definition) is 1. The molecule has 0 radical (unpaired) electrons. The summed E-state index contributed by atoms with van der Waals surface area (Å²) in [7, 11) is 2.11. The fourth-order valence-corrected chi connectivity index (χ4v) is 3.95. The van der Waals surface area contributed by atoms with Gasteiger partial charge < -0.3 is 5.73 Å². The number of fused-ring (bicyclic) bond motifs is 1. The Morgan fingerprint density at radius 1 is 1.30 bits per heavy atom. The van der Waals surface area contributed by atoms with Crippen molar-refractivity contribution in [1.82, 2.24) is 4.90 Å². The van der Waals surface area contributed by atoms with Crippen LogP contribution >= 0.6 is 11.3 Å². The molecule has 1 aromatic heterocycles. The highest BCUT2D eigenvalue weighted by molar-refractivity contribution is 7.19. The summed E-state index contributed by atoms with van der Waals surface area (Å²) in [6.07, 6.45) is 2.21. The minimum absolute atomic E-state index is 0.133. The lowest BCUT2D eigenvalue weighted by Crippen LogP contribution is -2.30. The standard InChI is InChI=1S/C16H23FN2S/c1-4-11(5-2)19(3)10-12-15(9-18)20-14-8-6-7-13(17)16(12)14/h6-8,11H,4-5,9-10,18H2,1-3H3. The van der Waals surface area contributed by atoms with E-state index in [2.05, 4.69) is 25.8 Å². The Morgan fingerprint density at radius 2 is 2.00 bits per heavy atom. The molecule has 2 aromatic rings. The van der Waals surface area contributed by atoms with Gasteiger partial charge in [-0.2, -0.15) is 0 Å². The van der Waals surface area contributed by atoms with E-state index in [9.17, 15) is 4.39 Å². The topological polar surface area (TPSA) is 29.3 Å². The van der Waals surface area contributed by atoms with E-state index in [-0.39, 0.29) is 5.82 Å². The third-order valence-electron chi connectivity index (χ3n) is 4.01. The van der Waals surface area contributed by atoms with E-state index in [0.29, 0.717) is 12.6 Å². The summed E-state index contributed by atoms with van der Waals surface area (Å²) < 4.78 is 15.2. The molecule has 4 heteroatoms. The first-order valence-corrected chi connectivity index (χ1v) is 8.03. The average molecular weight is 294 g/mol. The molecule has 0 atom stereocenters. The molecular weight excluding hydrogens is 271 g/mol. The molecule has 0 aliphatic rings. The Kier molecular flexibility index (Phi) is 5.13. The van der Waals surface area contributed by atoms with Crippen molar-refractivity contribution in [3.05, 3.63) is 34.5 Å². The highest BCUT2D eigenvalue weighted by Crippen LogP contribution is 2.34. The summed E-state index contributed by atoms with van der Waals surface area (Å²) in [5.41, 5.74) is 6.92. The fraction of sp³-hybridized carbons (Fsp3) is 0.500. The molecule has 2 nitrogen and oxygen atoms in total. The van der Waals surface area contributed by atoms with Crippen LogP contribution in [0.15, 0.2) is 18.2 Å². The highest BCUT2D eigenvalue weighted by Gasteiger charge is 2.18. The third-order valence-corrected chi connectivity index (χ3v) is 5.23. The van der Waals surface area contributed by atoms with Gasteiger partial charge in [0.15, 0.2) is 0 Å². The van der Waals surface area contributed by atoms with Crippen molar-refractivity contribution in [3.63, 3.8) is 0 Å². The van der Waals surface area contributed by atoms with Crippen LogP contribution in [0.2, 0.25) is 0 Å². The van der Waals surface area contributed by atoms with Crippen LogP contribution in [-0.4, -0.2) is 18.0 Å². The normalized spacial score (nSPS) is 11.9. The van der Waals surface area contributed by atoms with Gasteiger partial charge in [-0.05, 0) is 37.6 Å². The Labute approximate surface area is 124 Å². The minimum atomic E-state index is -0.133. The number of nitrogens with two attached hydrogens (primary N) is 1. The molecule has 0 unspecified atom stereocenters. The van der Waals surface area contributed by atoms with Crippen LogP contribution in [0, 0.1) is 5.82 Å². The van der Waals surface area contributed by atoms with E-state index < -0.39 is 0 Å². The lowest BCUT2D eigenvalue weighted by atomic mass is 10.1. The molecule has 0 saturated carbocycles. The smallest absolute Gasteiger partial charge is 0.132 e. The van der Waals surface area contributed by atoms with Gasteiger partial charge in [-0.15, -0.1) is 11.3 Å². The van der Waals surface area contributed by atoms with Crippen molar-refractivity contribution in [2.75, 3.05) is 7.05 Å². The Morgan fingerprint density at radius 3 is 2.60 bits per heavy atom. The van der Waals surface area contributed by atoms with Crippen LogP contribution in [0.4, 0.5) is 4.39 Å². The van der Waals surface area contributed by atoms with Crippen LogP contribution in [0.25, 0.3) is 10.1 Å². The van der Waals surface area contributed by atoms with Crippen molar-refractivity contribution in [3.8, 4) is 0 Å². The average Bonchev–Trinajstić information content (AvgIpc) is 2.79. The van der Waals surface area contributed by atoms with Crippen LogP contribution in [0.5, 0.6) is 0 Å². The summed E-state index contributed by atoms with van der Waals surface area (Å²) >= 11 is 1.62. The molecule has 0 aliphatic heterocycles. The number of benzene rings is 1. The highest BCUT2D eigenvalue weighted by atomic mass is 32.1. The zero-order chi connectivity index (χ0) is 14.7. The minimum Gasteiger partial charge on any atom is -0.326 e. The molecule has 0 spiro atoms. The van der Waals surface area contributed by atoms with Gasteiger partial charge in [-0.3, -0.25) is 4.90 Å². The van der Waals surface area contributed by atoms with Crippen molar-refractivity contribution in [2.24, 2.45) is 5.73 Å². The quantitative estimate of drug-likeness (QED) is 0.868. The first-order chi connectivity index (χ1) is 9.62. The fourth-order valence-electron chi connectivity index (χ4n) is 2.84. The molecule has 0 amide bonds. The Hall–Kier alpha value is -0.970. The molecular formula is C16H23FN2S. The van der Waals surface area contributed by atoms with Crippen LogP contribution < -0.4 is 5.73 Å². The predicted molar refractivity (Wildman–Crippen MR) is 85.5 cm³/mol. The first kappa shape index (κ1) is 15.4. The number of rotatable bonds is 6. The Bertz CT molecular complexity index is 575. The maximum atomic E-state index is 14.2. The summed E-state index contributed by atoms with van der Waals surface area (Å²) in [5.74, 6) is -0.133. The summed E-state index contributed by atoms with van der Waals surface area (Å²) in [4.78, 5) is 3.41. The first-order valence-electron chi connectivity index (χ1n) is 7.21. The van der Waals surface area contributed by atoms with Crippen LogP contribution in [-0.2, 0) is 13.1 Å². The molecule has 1 aromatic carbocycles. The number of halogens is 1. The van der Waals surface area contributed by atoms with E-state index >= 15 is 0 Å². The van der Waals surface area contributed by atoms with E-state index in [1.165, 1.54) is 6.07 Å². The molecule has 0 saturated heterocycles. The largest absolute Gasteiger partial charge is 0.326 e. The second-order valence-electron chi connectivity index (χ2n) is 5.21. The van der Waals surface area contributed by atoms with Crippen molar-refractivity contribution < 1.29 is 4.39 Å².